The van der Waals surface area contributed by atoms with Crippen molar-refractivity contribution in [2.75, 3.05) is 18.6 Å². The van der Waals surface area contributed by atoms with E-state index in [4.69, 9.17) is 10.5 Å². The summed E-state index contributed by atoms with van der Waals surface area (Å²) in [7, 11) is 1.80. The fourth-order valence-electron chi connectivity index (χ4n) is 2.48. The van der Waals surface area contributed by atoms with Crippen LogP contribution < -0.4 is 10.6 Å². The van der Waals surface area contributed by atoms with Crippen molar-refractivity contribution in [2.45, 2.75) is 38.5 Å². The van der Waals surface area contributed by atoms with Gasteiger partial charge in [-0.05, 0) is 31.9 Å². The molecule has 0 spiro atoms. The zero-order chi connectivity index (χ0) is 12.3. The van der Waals surface area contributed by atoms with Gasteiger partial charge in [0.15, 0.2) is 0 Å². The van der Waals surface area contributed by atoms with Gasteiger partial charge in [-0.25, -0.2) is 0 Å². The van der Waals surface area contributed by atoms with Gasteiger partial charge in [-0.1, -0.05) is 0 Å². The minimum absolute atomic E-state index is 0.400. The van der Waals surface area contributed by atoms with E-state index >= 15 is 0 Å². The number of methoxy groups -OCH3 is 1. The van der Waals surface area contributed by atoms with Gasteiger partial charge in [0.05, 0.1) is 11.8 Å². The van der Waals surface area contributed by atoms with Crippen LogP contribution in [0.3, 0.4) is 0 Å². The van der Waals surface area contributed by atoms with Gasteiger partial charge in [-0.2, -0.15) is 0 Å². The summed E-state index contributed by atoms with van der Waals surface area (Å²) < 4.78 is 5.43. The number of hydrogen-bond acceptors (Lipinski definition) is 4. The van der Waals surface area contributed by atoms with Crippen LogP contribution in [0.15, 0.2) is 18.3 Å². The lowest BCUT2D eigenvalue weighted by atomic mass is 10.00. The molecule has 0 aromatic carbocycles. The Balaban J connectivity index is 2.11. The second-order valence-corrected chi connectivity index (χ2v) is 4.63. The van der Waals surface area contributed by atoms with Crippen LogP contribution in [0.2, 0.25) is 0 Å². The molecule has 0 amide bonds. The number of nitrogens with zero attached hydrogens (tertiary/aromatic N) is 2. The van der Waals surface area contributed by atoms with Crippen molar-refractivity contribution >= 4 is 5.69 Å². The molecule has 0 radical (unpaired) electrons. The maximum atomic E-state index is 5.63. The Morgan fingerprint density at radius 3 is 3.06 bits per heavy atom. The van der Waals surface area contributed by atoms with Gasteiger partial charge in [0.25, 0.3) is 0 Å². The van der Waals surface area contributed by atoms with E-state index in [0.717, 1.165) is 25.1 Å². The molecule has 1 aliphatic rings. The van der Waals surface area contributed by atoms with Crippen molar-refractivity contribution in [3.8, 4) is 0 Å². The van der Waals surface area contributed by atoms with E-state index in [-0.39, 0.29) is 0 Å². The molecule has 0 saturated carbocycles. The average Bonchev–Trinajstić information content (AvgIpc) is 2.38. The molecule has 2 unspecified atom stereocenters. The van der Waals surface area contributed by atoms with Crippen LogP contribution in [0.25, 0.3) is 0 Å². The average molecular weight is 235 g/mol. The van der Waals surface area contributed by atoms with Crippen molar-refractivity contribution in [1.29, 1.82) is 0 Å². The molecule has 4 nitrogen and oxygen atoms in total. The van der Waals surface area contributed by atoms with E-state index in [1.54, 1.807) is 7.11 Å². The molecule has 2 rings (SSSR count). The quantitative estimate of drug-likeness (QED) is 0.863. The van der Waals surface area contributed by atoms with Gasteiger partial charge in [0.1, 0.15) is 0 Å². The molecule has 1 fully saturated rings. The van der Waals surface area contributed by atoms with Crippen LogP contribution >= 0.6 is 0 Å². The number of nitrogens with two attached hydrogens (primary N) is 1. The van der Waals surface area contributed by atoms with Gasteiger partial charge in [0.2, 0.25) is 0 Å². The van der Waals surface area contributed by atoms with E-state index in [2.05, 4.69) is 28.9 Å². The third-order valence-electron chi connectivity index (χ3n) is 3.50. The molecule has 2 N–H and O–H groups in total. The van der Waals surface area contributed by atoms with E-state index < -0.39 is 0 Å². The van der Waals surface area contributed by atoms with E-state index in [9.17, 15) is 0 Å². The maximum absolute atomic E-state index is 5.63. The third kappa shape index (κ3) is 2.76. The minimum atomic E-state index is 0.400. The standard InChI is InChI=1S/C13H21N3O/c1-10-7-13(17-2)4-6-16(10)12-3-5-15-11(8-12)9-14/h3,5,8,10,13H,4,6-7,9,14H2,1-2H3. The highest BCUT2D eigenvalue weighted by Crippen LogP contribution is 2.25. The number of ether oxygens (including phenoxy) is 1. The first-order valence-corrected chi connectivity index (χ1v) is 6.19. The summed E-state index contributed by atoms with van der Waals surface area (Å²) in [6.45, 7) is 3.78. The summed E-state index contributed by atoms with van der Waals surface area (Å²) in [5.41, 5.74) is 7.80. The lowest BCUT2D eigenvalue weighted by molar-refractivity contribution is 0.0721. The van der Waals surface area contributed by atoms with Gasteiger partial charge in [-0.15, -0.1) is 0 Å². The van der Waals surface area contributed by atoms with E-state index in [0.29, 0.717) is 18.7 Å². The Morgan fingerprint density at radius 2 is 2.41 bits per heavy atom. The van der Waals surface area contributed by atoms with Crippen LogP contribution in [0.4, 0.5) is 5.69 Å². The third-order valence-corrected chi connectivity index (χ3v) is 3.50. The van der Waals surface area contributed by atoms with Crippen molar-refractivity contribution in [3.63, 3.8) is 0 Å². The molecule has 1 aliphatic heterocycles. The SMILES string of the molecule is COC1CCN(c2ccnc(CN)c2)C(C)C1. The van der Waals surface area contributed by atoms with Gasteiger partial charge in [0, 0.05) is 38.1 Å². The lowest BCUT2D eigenvalue weighted by Gasteiger charge is -2.38. The largest absolute Gasteiger partial charge is 0.381 e. The smallest absolute Gasteiger partial charge is 0.0607 e. The van der Waals surface area contributed by atoms with Crippen LogP contribution in [-0.4, -0.2) is 30.8 Å². The molecular weight excluding hydrogens is 214 g/mol. The topological polar surface area (TPSA) is 51.4 Å². The van der Waals surface area contributed by atoms with Crippen molar-refractivity contribution in [1.82, 2.24) is 4.98 Å². The van der Waals surface area contributed by atoms with E-state index in [1.165, 1.54) is 5.69 Å². The molecule has 17 heavy (non-hydrogen) atoms. The number of hydrogen-bond donors (Lipinski definition) is 1. The normalized spacial score (nSPS) is 25.0. The monoisotopic (exact) mass is 235 g/mol. The number of anilines is 1. The molecule has 4 heteroatoms. The van der Waals surface area contributed by atoms with Crippen molar-refractivity contribution in [2.24, 2.45) is 5.73 Å². The summed E-state index contributed by atoms with van der Waals surface area (Å²) in [5, 5.41) is 0. The first-order valence-electron chi connectivity index (χ1n) is 6.19. The molecule has 2 heterocycles. The highest BCUT2D eigenvalue weighted by molar-refractivity contribution is 5.48. The zero-order valence-corrected chi connectivity index (χ0v) is 10.6. The van der Waals surface area contributed by atoms with Crippen LogP contribution in [0.5, 0.6) is 0 Å². The molecule has 0 aliphatic carbocycles. The molecule has 94 valence electrons. The summed E-state index contributed by atoms with van der Waals surface area (Å²) >= 11 is 0. The summed E-state index contributed by atoms with van der Waals surface area (Å²) in [4.78, 5) is 6.65. The summed E-state index contributed by atoms with van der Waals surface area (Å²) in [6.07, 6.45) is 4.40. The first-order chi connectivity index (χ1) is 8.24. The summed E-state index contributed by atoms with van der Waals surface area (Å²) in [5.74, 6) is 0. The first kappa shape index (κ1) is 12.3. The fraction of sp³-hybridized carbons (Fsp3) is 0.615. The van der Waals surface area contributed by atoms with Gasteiger partial charge in [-0.3, -0.25) is 4.98 Å². The van der Waals surface area contributed by atoms with Crippen LogP contribution in [0.1, 0.15) is 25.5 Å². The van der Waals surface area contributed by atoms with Gasteiger partial charge >= 0.3 is 0 Å². The number of pyridine rings is 1. The second kappa shape index (κ2) is 5.47. The zero-order valence-electron chi connectivity index (χ0n) is 10.6. The number of piperidine rings is 1. The molecule has 1 aromatic rings. The number of aromatic nitrogens is 1. The Kier molecular flexibility index (Phi) is 3.97. The fourth-order valence-corrected chi connectivity index (χ4v) is 2.48. The minimum Gasteiger partial charge on any atom is -0.381 e. The van der Waals surface area contributed by atoms with E-state index in [1.807, 2.05) is 6.20 Å². The Morgan fingerprint density at radius 1 is 1.59 bits per heavy atom. The Bertz CT molecular complexity index is 369. The highest BCUT2D eigenvalue weighted by atomic mass is 16.5. The molecule has 0 bridgehead atoms. The Hall–Kier alpha value is -1.13. The van der Waals surface area contributed by atoms with Crippen molar-refractivity contribution in [3.05, 3.63) is 24.0 Å². The second-order valence-electron chi connectivity index (χ2n) is 4.63. The molecule has 1 saturated heterocycles. The molecule has 1 aromatic heterocycles. The van der Waals surface area contributed by atoms with Gasteiger partial charge < -0.3 is 15.4 Å². The van der Waals surface area contributed by atoms with Crippen LogP contribution in [-0.2, 0) is 11.3 Å². The Labute approximate surface area is 103 Å². The number of rotatable bonds is 3. The maximum Gasteiger partial charge on any atom is 0.0607 e. The molecule has 2 atom stereocenters. The van der Waals surface area contributed by atoms with Crippen LogP contribution in [0, 0.1) is 0 Å². The highest BCUT2D eigenvalue weighted by Gasteiger charge is 2.25. The molecular formula is C13H21N3O. The predicted octanol–water partition coefficient (Wildman–Crippen LogP) is 1.54. The predicted molar refractivity (Wildman–Crippen MR) is 69.0 cm³/mol. The lowest BCUT2D eigenvalue weighted by Crippen LogP contribution is -2.43. The van der Waals surface area contributed by atoms with Crippen molar-refractivity contribution < 1.29 is 4.74 Å². The summed E-state index contributed by atoms with van der Waals surface area (Å²) in [6, 6.07) is 4.65.